The van der Waals surface area contributed by atoms with Crippen molar-refractivity contribution in [1.82, 2.24) is 25.7 Å². The number of hydrogen-bond acceptors (Lipinski definition) is 4. The van der Waals surface area contributed by atoms with E-state index in [9.17, 15) is 9.59 Å². The Hall–Kier alpha value is -1.89. The third kappa shape index (κ3) is 3.85. The topological polar surface area (TPSA) is 90.1 Å². The monoisotopic (exact) mass is 307 g/mol. The zero-order valence-corrected chi connectivity index (χ0v) is 13.7. The maximum atomic E-state index is 12.1. The highest BCUT2D eigenvalue weighted by Gasteiger charge is 2.31. The van der Waals surface area contributed by atoms with Crippen molar-refractivity contribution >= 4 is 11.8 Å². The van der Waals surface area contributed by atoms with Crippen LogP contribution < -0.4 is 10.6 Å². The molecular weight excluding hydrogens is 282 g/mol. The van der Waals surface area contributed by atoms with Gasteiger partial charge in [-0.15, -0.1) is 0 Å². The highest BCUT2D eigenvalue weighted by Crippen LogP contribution is 2.21. The van der Waals surface area contributed by atoms with Gasteiger partial charge in [0.25, 0.3) is 0 Å². The van der Waals surface area contributed by atoms with Crippen molar-refractivity contribution < 1.29 is 9.59 Å². The molecule has 0 spiro atoms. The van der Waals surface area contributed by atoms with Crippen molar-refractivity contribution in [3.8, 4) is 0 Å². The highest BCUT2D eigenvalue weighted by atomic mass is 16.2. The molecule has 0 bridgehead atoms. The largest absolute Gasteiger partial charge is 0.359 e. The number of aromatic amines is 1. The van der Waals surface area contributed by atoms with E-state index >= 15 is 0 Å². The summed E-state index contributed by atoms with van der Waals surface area (Å²) in [4.78, 5) is 25.7. The standard InChI is InChI=1S/C15H25N5O2/c1-15(2,3)12-7-10(18-19-12)9-20-6-5-17-14(22)11(20)8-13(21)16-4/h7,11H,5-6,8-9H2,1-4H3,(H,16,21)(H,17,22)(H,18,19)/t11-/m1/s1. The lowest BCUT2D eigenvalue weighted by molar-refractivity contribution is -0.134. The second-order valence-electron chi connectivity index (χ2n) is 6.68. The third-order valence-electron chi connectivity index (χ3n) is 3.87. The Balaban J connectivity index is 2.09. The first-order chi connectivity index (χ1) is 10.3. The van der Waals surface area contributed by atoms with Crippen LogP contribution in [0.25, 0.3) is 0 Å². The average Bonchev–Trinajstić information content (AvgIpc) is 2.91. The Morgan fingerprint density at radius 1 is 1.50 bits per heavy atom. The maximum absolute atomic E-state index is 12.1. The minimum absolute atomic E-state index is 0.0183. The van der Waals surface area contributed by atoms with Gasteiger partial charge < -0.3 is 10.6 Å². The smallest absolute Gasteiger partial charge is 0.237 e. The Bertz CT molecular complexity index is 546. The molecule has 2 amide bonds. The van der Waals surface area contributed by atoms with Gasteiger partial charge in [-0.25, -0.2) is 0 Å². The number of nitrogens with one attached hydrogen (secondary N) is 3. The van der Waals surface area contributed by atoms with Crippen molar-refractivity contribution in [2.45, 2.75) is 45.2 Å². The summed E-state index contributed by atoms with van der Waals surface area (Å²) < 4.78 is 0. The Morgan fingerprint density at radius 2 is 2.23 bits per heavy atom. The molecular formula is C15H25N5O2. The van der Waals surface area contributed by atoms with Crippen LogP contribution in [0.4, 0.5) is 0 Å². The van der Waals surface area contributed by atoms with Crippen LogP contribution in [0, 0.1) is 0 Å². The molecule has 0 saturated carbocycles. The SMILES string of the molecule is CNC(=O)C[C@@H]1C(=O)NCCN1Cc1cc(C(C)(C)C)n[nH]1. The van der Waals surface area contributed by atoms with E-state index in [2.05, 4.69) is 41.6 Å². The Morgan fingerprint density at radius 3 is 2.82 bits per heavy atom. The minimum atomic E-state index is -0.435. The van der Waals surface area contributed by atoms with E-state index in [1.165, 1.54) is 0 Å². The highest BCUT2D eigenvalue weighted by molar-refractivity contribution is 5.88. The molecule has 2 heterocycles. The van der Waals surface area contributed by atoms with Crippen molar-refractivity contribution in [2.75, 3.05) is 20.1 Å². The van der Waals surface area contributed by atoms with E-state index in [1.54, 1.807) is 7.05 Å². The predicted molar refractivity (Wildman–Crippen MR) is 83.2 cm³/mol. The summed E-state index contributed by atoms with van der Waals surface area (Å²) in [5.74, 6) is -0.225. The first-order valence-corrected chi connectivity index (χ1v) is 7.58. The van der Waals surface area contributed by atoms with Crippen molar-refractivity contribution in [3.05, 3.63) is 17.5 Å². The summed E-state index contributed by atoms with van der Waals surface area (Å²) in [6, 6.07) is 1.60. The van der Waals surface area contributed by atoms with Gasteiger partial charge in [0.05, 0.1) is 18.2 Å². The molecule has 1 aromatic heterocycles. The van der Waals surface area contributed by atoms with Gasteiger partial charge in [0, 0.05) is 37.8 Å². The van der Waals surface area contributed by atoms with Crippen LogP contribution in [0.3, 0.4) is 0 Å². The van der Waals surface area contributed by atoms with E-state index in [-0.39, 0.29) is 23.7 Å². The van der Waals surface area contributed by atoms with E-state index < -0.39 is 6.04 Å². The first-order valence-electron chi connectivity index (χ1n) is 7.58. The molecule has 1 saturated heterocycles. The summed E-state index contributed by atoms with van der Waals surface area (Å²) in [5.41, 5.74) is 1.93. The molecule has 0 radical (unpaired) electrons. The van der Waals surface area contributed by atoms with Crippen molar-refractivity contribution in [3.63, 3.8) is 0 Å². The van der Waals surface area contributed by atoms with Gasteiger partial charge in [0.15, 0.2) is 0 Å². The fourth-order valence-corrected chi connectivity index (χ4v) is 2.50. The molecule has 7 nitrogen and oxygen atoms in total. The molecule has 1 fully saturated rings. The number of aromatic nitrogens is 2. The van der Waals surface area contributed by atoms with Crippen molar-refractivity contribution in [2.24, 2.45) is 0 Å². The molecule has 122 valence electrons. The number of hydrogen-bond donors (Lipinski definition) is 3. The van der Waals surface area contributed by atoms with E-state index in [0.29, 0.717) is 13.1 Å². The van der Waals surface area contributed by atoms with Crippen LogP contribution in [-0.2, 0) is 21.5 Å². The summed E-state index contributed by atoms with van der Waals surface area (Å²) in [7, 11) is 1.58. The zero-order valence-electron chi connectivity index (χ0n) is 13.7. The number of rotatable bonds is 4. The molecule has 1 aliphatic rings. The fourth-order valence-electron chi connectivity index (χ4n) is 2.50. The van der Waals surface area contributed by atoms with Gasteiger partial charge in [-0.2, -0.15) is 5.10 Å². The van der Waals surface area contributed by atoms with Crippen molar-refractivity contribution in [1.29, 1.82) is 0 Å². The first kappa shape index (κ1) is 16.5. The number of nitrogens with zero attached hydrogens (tertiary/aromatic N) is 2. The van der Waals surface area contributed by atoms with Crippen LogP contribution in [0.5, 0.6) is 0 Å². The number of carbonyl (C=O) groups is 2. The quantitative estimate of drug-likeness (QED) is 0.738. The lowest BCUT2D eigenvalue weighted by Gasteiger charge is -2.34. The molecule has 1 aliphatic heterocycles. The second kappa shape index (κ2) is 6.48. The molecule has 1 atom stereocenters. The lowest BCUT2D eigenvalue weighted by Crippen LogP contribution is -2.56. The summed E-state index contributed by atoms with van der Waals surface area (Å²) in [5, 5.41) is 12.8. The molecule has 0 aromatic carbocycles. The van der Waals surface area contributed by atoms with Gasteiger partial charge in [-0.1, -0.05) is 20.8 Å². The molecule has 0 unspecified atom stereocenters. The number of H-pyrrole nitrogens is 1. The van der Waals surface area contributed by atoms with Crippen LogP contribution in [0.2, 0.25) is 0 Å². The van der Waals surface area contributed by atoms with Gasteiger partial charge in [-0.3, -0.25) is 19.6 Å². The molecule has 7 heteroatoms. The van der Waals surface area contributed by atoms with Crippen LogP contribution in [0.15, 0.2) is 6.07 Å². The zero-order chi connectivity index (χ0) is 16.3. The third-order valence-corrected chi connectivity index (χ3v) is 3.87. The Labute approximate surface area is 130 Å². The summed E-state index contributed by atoms with van der Waals surface area (Å²) >= 11 is 0. The van der Waals surface area contributed by atoms with Gasteiger partial charge in [0.1, 0.15) is 0 Å². The Kier molecular flexibility index (Phi) is 4.85. The van der Waals surface area contributed by atoms with Gasteiger partial charge in [-0.05, 0) is 6.07 Å². The van der Waals surface area contributed by atoms with E-state index in [1.807, 2.05) is 11.0 Å². The molecule has 0 aliphatic carbocycles. The number of amides is 2. The fraction of sp³-hybridized carbons (Fsp3) is 0.667. The minimum Gasteiger partial charge on any atom is -0.359 e. The van der Waals surface area contributed by atoms with Gasteiger partial charge in [0.2, 0.25) is 11.8 Å². The van der Waals surface area contributed by atoms with Crippen LogP contribution >= 0.6 is 0 Å². The molecule has 3 N–H and O–H groups in total. The van der Waals surface area contributed by atoms with Crippen LogP contribution in [0.1, 0.15) is 38.6 Å². The molecule has 1 aromatic rings. The molecule has 22 heavy (non-hydrogen) atoms. The molecule has 2 rings (SSSR count). The number of piperazine rings is 1. The van der Waals surface area contributed by atoms with E-state index in [4.69, 9.17) is 0 Å². The van der Waals surface area contributed by atoms with Gasteiger partial charge >= 0.3 is 0 Å². The van der Waals surface area contributed by atoms with E-state index in [0.717, 1.165) is 17.9 Å². The maximum Gasteiger partial charge on any atom is 0.237 e. The average molecular weight is 307 g/mol. The number of carbonyl (C=O) groups excluding carboxylic acids is 2. The summed E-state index contributed by atoms with van der Waals surface area (Å²) in [6.45, 7) is 8.22. The second-order valence-corrected chi connectivity index (χ2v) is 6.68. The lowest BCUT2D eigenvalue weighted by atomic mass is 9.92. The predicted octanol–water partition coefficient (Wildman–Crippen LogP) is 0.144. The summed E-state index contributed by atoms with van der Waals surface area (Å²) in [6.07, 6.45) is 0.169. The normalized spacial score (nSPS) is 19.8. The van der Waals surface area contributed by atoms with Crippen LogP contribution in [-0.4, -0.2) is 53.1 Å².